The Balaban J connectivity index is 2.85. The van der Waals surface area contributed by atoms with Crippen molar-refractivity contribution in [1.29, 1.82) is 5.26 Å². The third-order valence-corrected chi connectivity index (χ3v) is 3.12. The zero-order chi connectivity index (χ0) is 11.6. The number of hydrogen-bond donors (Lipinski definition) is 0. The molecule has 0 spiro atoms. The molecule has 1 aliphatic rings. The highest BCUT2D eigenvalue weighted by Crippen LogP contribution is 2.19. The van der Waals surface area contributed by atoms with E-state index < -0.39 is 0 Å². The minimum absolute atomic E-state index is 0.0900. The number of hydrogen-bond acceptors (Lipinski definition) is 3. The molecule has 4 nitrogen and oxygen atoms in total. The second kappa shape index (κ2) is 4.63. The quantitative estimate of drug-likeness (QED) is 0.677. The molecule has 84 valence electrons. The predicted octanol–water partition coefficient (Wildman–Crippen LogP) is 0.840. The second-order valence-electron chi connectivity index (χ2n) is 4.48. The number of likely N-dealkylation sites (N-methyl/N-ethyl adjacent to an activating group) is 1. The van der Waals surface area contributed by atoms with E-state index in [-0.39, 0.29) is 24.4 Å². The lowest BCUT2D eigenvalue weighted by Gasteiger charge is -2.44. The first-order valence-corrected chi connectivity index (χ1v) is 5.38. The molecular formula is C11H19N3O. The lowest BCUT2D eigenvalue weighted by molar-refractivity contribution is -0.145. The Bertz CT molecular complexity index is 282. The average Bonchev–Trinajstić information content (AvgIpc) is 2.18. The molecule has 1 fully saturated rings. The molecule has 4 heteroatoms. The Hall–Kier alpha value is -1.08. The first-order valence-electron chi connectivity index (χ1n) is 5.38. The van der Waals surface area contributed by atoms with Crippen molar-refractivity contribution >= 4 is 5.91 Å². The minimum Gasteiger partial charge on any atom is -0.337 e. The van der Waals surface area contributed by atoms with Crippen LogP contribution in [0.2, 0.25) is 0 Å². The van der Waals surface area contributed by atoms with Gasteiger partial charge in [0.1, 0.15) is 6.04 Å². The summed E-state index contributed by atoms with van der Waals surface area (Å²) in [5, 5.41) is 8.72. The third kappa shape index (κ3) is 2.29. The van der Waals surface area contributed by atoms with Crippen molar-refractivity contribution in [3.05, 3.63) is 0 Å². The van der Waals surface area contributed by atoms with Gasteiger partial charge in [-0.1, -0.05) is 0 Å². The van der Waals surface area contributed by atoms with E-state index in [0.29, 0.717) is 6.04 Å². The maximum Gasteiger partial charge on any atom is 0.241 e. The van der Waals surface area contributed by atoms with Crippen molar-refractivity contribution in [2.75, 3.05) is 13.6 Å². The largest absolute Gasteiger partial charge is 0.337 e. The van der Waals surface area contributed by atoms with Crippen LogP contribution in [0.15, 0.2) is 0 Å². The van der Waals surface area contributed by atoms with Crippen LogP contribution < -0.4 is 0 Å². The summed E-state index contributed by atoms with van der Waals surface area (Å²) in [5.74, 6) is 0.0900. The summed E-state index contributed by atoms with van der Waals surface area (Å²) in [6.07, 6.45) is 0.281. The van der Waals surface area contributed by atoms with Gasteiger partial charge in [-0.15, -0.1) is 0 Å². The van der Waals surface area contributed by atoms with Gasteiger partial charge < -0.3 is 4.90 Å². The highest BCUT2D eigenvalue weighted by molar-refractivity contribution is 5.83. The van der Waals surface area contributed by atoms with Crippen LogP contribution in [-0.2, 0) is 4.79 Å². The van der Waals surface area contributed by atoms with Crippen molar-refractivity contribution in [3.63, 3.8) is 0 Å². The second-order valence-corrected chi connectivity index (χ2v) is 4.48. The van der Waals surface area contributed by atoms with Gasteiger partial charge in [-0.3, -0.25) is 9.69 Å². The van der Waals surface area contributed by atoms with Gasteiger partial charge in [0, 0.05) is 18.6 Å². The van der Waals surface area contributed by atoms with Gasteiger partial charge in [0.15, 0.2) is 0 Å². The number of carbonyl (C=O) groups is 1. The van der Waals surface area contributed by atoms with Crippen LogP contribution in [0.25, 0.3) is 0 Å². The molecule has 0 aliphatic carbocycles. The Morgan fingerprint density at radius 3 is 2.67 bits per heavy atom. The standard InChI is InChI=1S/C11H19N3O/c1-8(2)14-7-9(3)13(4)10(5-6-12)11(14)15/h8-10H,5,7H2,1-4H3. The van der Waals surface area contributed by atoms with E-state index in [1.165, 1.54) is 0 Å². The van der Waals surface area contributed by atoms with Crippen LogP contribution in [-0.4, -0.2) is 47.4 Å². The molecule has 0 saturated carbocycles. The van der Waals surface area contributed by atoms with Gasteiger partial charge >= 0.3 is 0 Å². The number of nitriles is 1. The first-order chi connectivity index (χ1) is 6.99. The Kier molecular flexibility index (Phi) is 3.70. The van der Waals surface area contributed by atoms with Crippen LogP contribution in [0.4, 0.5) is 0 Å². The van der Waals surface area contributed by atoms with Gasteiger partial charge in [-0.25, -0.2) is 0 Å². The molecular weight excluding hydrogens is 190 g/mol. The molecule has 0 N–H and O–H groups in total. The van der Waals surface area contributed by atoms with Gasteiger partial charge in [-0.05, 0) is 27.8 Å². The summed E-state index contributed by atoms with van der Waals surface area (Å²) in [7, 11) is 1.92. The van der Waals surface area contributed by atoms with Gasteiger partial charge in [0.2, 0.25) is 5.91 Å². The molecule has 2 unspecified atom stereocenters. The van der Waals surface area contributed by atoms with Crippen molar-refractivity contribution in [2.24, 2.45) is 0 Å². The fourth-order valence-electron chi connectivity index (χ4n) is 1.96. The molecule has 1 rings (SSSR count). The third-order valence-electron chi connectivity index (χ3n) is 3.12. The van der Waals surface area contributed by atoms with Crippen LogP contribution in [0.1, 0.15) is 27.2 Å². The predicted molar refractivity (Wildman–Crippen MR) is 58.1 cm³/mol. The highest BCUT2D eigenvalue weighted by atomic mass is 16.2. The number of carbonyl (C=O) groups excluding carboxylic acids is 1. The molecule has 1 saturated heterocycles. The van der Waals surface area contributed by atoms with Crippen LogP contribution in [0, 0.1) is 11.3 Å². The molecule has 0 aromatic heterocycles. The van der Waals surface area contributed by atoms with E-state index in [2.05, 4.69) is 13.0 Å². The zero-order valence-corrected chi connectivity index (χ0v) is 9.90. The summed E-state index contributed by atoms with van der Waals surface area (Å²) >= 11 is 0. The molecule has 1 amide bonds. The summed E-state index contributed by atoms with van der Waals surface area (Å²) in [5.41, 5.74) is 0. The summed E-state index contributed by atoms with van der Waals surface area (Å²) in [6, 6.07) is 2.37. The van der Waals surface area contributed by atoms with Gasteiger partial charge in [0.05, 0.1) is 12.5 Å². The lowest BCUT2D eigenvalue weighted by atomic mass is 10.0. The van der Waals surface area contributed by atoms with E-state index in [0.717, 1.165) is 6.54 Å². The summed E-state index contributed by atoms with van der Waals surface area (Å²) in [4.78, 5) is 15.9. The highest BCUT2D eigenvalue weighted by Gasteiger charge is 2.37. The fraction of sp³-hybridized carbons (Fsp3) is 0.818. The molecule has 0 aromatic carbocycles. The van der Waals surface area contributed by atoms with Gasteiger partial charge in [-0.2, -0.15) is 5.26 Å². The Morgan fingerprint density at radius 1 is 1.60 bits per heavy atom. The molecule has 2 atom stereocenters. The topological polar surface area (TPSA) is 47.3 Å². The smallest absolute Gasteiger partial charge is 0.241 e. The summed E-state index contributed by atoms with van der Waals surface area (Å²) in [6.45, 7) is 6.87. The van der Waals surface area contributed by atoms with Crippen molar-refractivity contribution in [2.45, 2.75) is 45.3 Å². The van der Waals surface area contributed by atoms with E-state index in [1.54, 1.807) is 0 Å². The Labute approximate surface area is 91.5 Å². The monoisotopic (exact) mass is 209 g/mol. The number of rotatable bonds is 2. The minimum atomic E-state index is -0.263. The average molecular weight is 209 g/mol. The first kappa shape index (κ1) is 12.0. The van der Waals surface area contributed by atoms with Crippen LogP contribution >= 0.6 is 0 Å². The van der Waals surface area contributed by atoms with E-state index in [1.807, 2.05) is 30.7 Å². The molecule has 1 aliphatic heterocycles. The van der Waals surface area contributed by atoms with Crippen LogP contribution in [0.5, 0.6) is 0 Å². The van der Waals surface area contributed by atoms with E-state index in [9.17, 15) is 4.79 Å². The SMILES string of the molecule is CC(C)N1CC(C)N(C)C(CC#N)C1=O. The maximum atomic E-state index is 12.0. The van der Waals surface area contributed by atoms with Crippen molar-refractivity contribution in [1.82, 2.24) is 9.80 Å². The number of amides is 1. The Morgan fingerprint density at radius 2 is 2.20 bits per heavy atom. The van der Waals surface area contributed by atoms with Gasteiger partial charge in [0.25, 0.3) is 0 Å². The normalized spacial score (nSPS) is 28.3. The molecule has 1 heterocycles. The number of piperazine rings is 1. The number of nitrogens with zero attached hydrogens (tertiary/aromatic N) is 3. The van der Waals surface area contributed by atoms with E-state index in [4.69, 9.17) is 5.26 Å². The van der Waals surface area contributed by atoms with Crippen LogP contribution in [0.3, 0.4) is 0 Å². The molecule has 15 heavy (non-hydrogen) atoms. The fourth-order valence-corrected chi connectivity index (χ4v) is 1.96. The zero-order valence-electron chi connectivity index (χ0n) is 9.90. The lowest BCUT2D eigenvalue weighted by Crippen LogP contribution is -2.61. The molecule has 0 aromatic rings. The maximum absolute atomic E-state index is 12.0. The van der Waals surface area contributed by atoms with Crippen molar-refractivity contribution < 1.29 is 4.79 Å². The molecule has 0 bridgehead atoms. The van der Waals surface area contributed by atoms with E-state index >= 15 is 0 Å². The summed E-state index contributed by atoms with van der Waals surface area (Å²) < 4.78 is 0. The van der Waals surface area contributed by atoms with Crippen molar-refractivity contribution in [3.8, 4) is 6.07 Å². The molecule has 0 radical (unpaired) electrons.